The van der Waals surface area contributed by atoms with Gasteiger partial charge in [-0.15, -0.1) is 0 Å². The number of fused-ring (bicyclic) bond motifs is 1. The molecule has 0 atom stereocenters. The van der Waals surface area contributed by atoms with E-state index in [0.29, 0.717) is 40.6 Å². The zero-order valence-electron chi connectivity index (χ0n) is 17.8. The molecule has 0 radical (unpaired) electrons. The van der Waals surface area contributed by atoms with E-state index in [-0.39, 0.29) is 11.0 Å². The van der Waals surface area contributed by atoms with Crippen molar-refractivity contribution in [3.8, 4) is 23.0 Å². The van der Waals surface area contributed by atoms with Gasteiger partial charge >= 0.3 is 0 Å². The Bertz CT molecular complexity index is 1320. The summed E-state index contributed by atoms with van der Waals surface area (Å²) in [5.74, 6) is 1.36. The van der Waals surface area contributed by atoms with Gasteiger partial charge in [-0.3, -0.25) is 10.1 Å². The Morgan fingerprint density at radius 3 is 2.64 bits per heavy atom. The summed E-state index contributed by atoms with van der Waals surface area (Å²) in [6.45, 7) is 2.55. The molecule has 7 nitrogen and oxygen atoms in total. The number of thiocarbonyl (C=S) groups is 1. The average molecular weight is 526 g/mol. The lowest BCUT2D eigenvalue weighted by atomic mass is 10.2. The summed E-state index contributed by atoms with van der Waals surface area (Å²) < 4.78 is 17.4. The molecule has 4 rings (SSSR count). The summed E-state index contributed by atoms with van der Waals surface area (Å²) >= 11 is 8.67. The second-order valence-corrected chi connectivity index (χ2v) is 8.24. The van der Waals surface area contributed by atoms with Crippen LogP contribution in [-0.2, 0) is 0 Å². The number of aromatic nitrogens is 1. The zero-order valence-corrected chi connectivity index (χ0v) is 20.2. The molecule has 0 fully saturated rings. The van der Waals surface area contributed by atoms with Crippen LogP contribution < -0.4 is 20.1 Å². The van der Waals surface area contributed by atoms with Crippen LogP contribution in [0, 0.1) is 0 Å². The normalized spacial score (nSPS) is 10.6. The molecule has 4 aromatic rings. The zero-order chi connectivity index (χ0) is 23.4. The van der Waals surface area contributed by atoms with Crippen LogP contribution in [-0.4, -0.2) is 29.7 Å². The van der Waals surface area contributed by atoms with Crippen molar-refractivity contribution in [2.45, 2.75) is 6.92 Å². The highest BCUT2D eigenvalue weighted by Crippen LogP contribution is 2.28. The number of rotatable bonds is 6. The largest absolute Gasteiger partial charge is 0.496 e. The summed E-state index contributed by atoms with van der Waals surface area (Å²) in [4.78, 5) is 17.2. The van der Waals surface area contributed by atoms with Crippen molar-refractivity contribution in [1.82, 2.24) is 10.3 Å². The van der Waals surface area contributed by atoms with Crippen LogP contribution in [0.4, 0.5) is 5.69 Å². The molecule has 0 spiro atoms. The second kappa shape index (κ2) is 10.0. The van der Waals surface area contributed by atoms with Crippen LogP contribution in [0.15, 0.2) is 69.6 Å². The molecule has 0 aliphatic rings. The van der Waals surface area contributed by atoms with Gasteiger partial charge in [-0.25, -0.2) is 4.98 Å². The Morgan fingerprint density at radius 1 is 1.12 bits per heavy atom. The summed E-state index contributed by atoms with van der Waals surface area (Å²) in [5, 5.41) is 5.82. The minimum atomic E-state index is -0.383. The van der Waals surface area contributed by atoms with Crippen molar-refractivity contribution in [3.05, 3.63) is 70.7 Å². The highest BCUT2D eigenvalue weighted by atomic mass is 79.9. The molecule has 2 N–H and O–H groups in total. The fourth-order valence-corrected chi connectivity index (χ4v) is 3.75. The first-order chi connectivity index (χ1) is 16.0. The van der Waals surface area contributed by atoms with Gasteiger partial charge in [-0.2, -0.15) is 0 Å². The van der Waals surface area contributed by atoms with Gasteiger partial charge in [-0.1, -0.05) is 15.9 Å². The number of halogens is 1. The third kappa shape index (κ3) is 5.32. The highest BCUT2D eigenvalue weighted by molar-refractivity contribution is 9.10. The molecule has 0 unspecified atom stereocenters. The van der Waals surface area contributed by atoms with E-state index in [1.54, 1.807) is 36.4 Å². The molecule has 3 aromatic carbocycles. The van der Waals surface area contributed by atoms with Crippen molar-refractivity contribution >= 4 is 56.0 Å². The van der Waals surface area contributed by atoms with Crippen molar-refractivity contribution in [2.75, 3.05) is 19.0 Å². The maximum Gasteiger partial charge on any atom is 0.261 e. The number of anilines is 1. The smallest absolute Gasteiger partial charge is 0.261 e. The van der Waals surface area contributed by atoms with Gasteiger partial charge in [0.2, 0.25) is 5.89 Å². The third-order valence-corrected chi connectivity index (χ3v) is 5.39. The number of oxazole rings is 1. The van der Waals surface area contributed by atoms with Crippen LogP contribution in [0.1, 0.15) is 17.3 Å². The van der Waals surface area contributed by atoms with Crippen molar-refractivity contribution in [3.63, 3.8) is 0 Å². The Balaban J connectivity index is 1.47. The van der Waals surface area contributed by atoms with E-state index in [4.69, 9.17) is 26.1 Å². The number of carbonyl (C=O) groups is 1. The van der Waals surface area contributed by atoms with Gasteiger partial charge in [-0.05, 0) is 79.8 Å². The number of benzene rings is 3. The SMILES string of the molecule is CCOc1ccc(-c2nc3cc(NC(=S)NC(=O)c4cc(Br)ccc4OC)ccc3o2)cc1. The number of amides is 1. The lowest BCUT2D eigenvalue weighted by Gasteiger charge is -2.12. The average Bonchev–Trinajstić information content (AvgIpc) is 3.23. The summed E-state index contributed by atoms with van der Waals surface area (Å²) in [6, 6.07) is 18.1. The summed E-state index contributed by atoms with van der Waals surface area (Å²) in [7, 11) is 1.51. The Hall–Kier alpha value is -3.43. The quantitative estimate of drug-likeness (QED) is 0.308. The molecular weight excluding hydrogens is 506 g/mol. The monoisotopic (exact) mass is 525 g/mol. The molecular formula is C24H20BrN3O4S. The lowest BCUT2D eigenvalue weighted by molar-refractivity contribution is 0.0974. The van der Waals surface area contributed by atoms with Crippen molar-refractivity contribution < 1.29 is 18.7 Å². The van der Waals surface area contributed by atoms with Crippen molar-refractivity contribution in [2.24, 2.45) is 0 Å². The molecule has 0 aliphatic heterocycles. The molecule has 1 heterocycles. The predicted molar refractivity (Wildman–Crippen MR) is 135 cm³/mol. The number of hydrogen-bond acceptors (Lipinski definition) is 6. The first-order valence-electron chi connectivity index (χ1n) is 10.1. The van der Waals surface area contributed by atoms with Gasteiger partial charge in [0.15, 0.2) is 10.7 Å². The fraction of sp³-hybridized carbons (Fsp3) is 0.125. The summed E-state index contributed by atoms with van der Waals surface area (Å²) in [6.07, 6.45) is 0. The minimum absolute atomic E-state index is 0.150. The maximum atomic E-state index is 12.6. The van der Waals surface area contributed by atoms with Gasteiger partial charge in [0.25, 0.3) is 5.91 Å². The van der Waals surface area contributed by atoms with E-state index in [1.807, 2.05) is 31.2 Å². The summed E-state index contributed by atoms with van der Waals surface area (Å²) in [5.41, 5.74) is 3.17. The van der Waals surface area contributed by atoms with Crippen LogP contribution in [0.3, 0.4) is 0 Å². The minimum Gasteiger partial charge on any atom is -0.496 e. The molecule has 0 bridgehead atoms. The van der Waals surface area contributed by atoms with E-state index in [1.165, 1.54) is 7.11 Å². The first-order valence-corrected chi connectivity index (χ1v) is 11.3. The third-order valence-electron chi connectivity index (χ3n) is 4.69. The van der Waals surface area contributed by atoms with E-state index in [0.717, 1.165) is 15.8 Å². The number of methoxy groups -OCH3 is 1. The lowest BCUT2D eigenvalue weighted by Crippen LogP contribution is -2.34. The fourth-order valence-electron chi connectivity index (χ4n) is 3.18. The maximum absolute atomic E-state index is 12.6. The van der Waals surface area contributed by atoms with E-state index >= 15 is 0 Å². The molecule has 0 aliphatic carbocycles. The van der Waals surface area contributed by atoms with Crippen LogP contribution in [0.25, 0.3) is 22.6 Å². The number of hydrogen-bond donors (Lipinski definition) is 2. The van der Waals surface area contributed by atoms with Gasteiger partial charge in [0.05, 0.1) is 19.3 Å². The molecule has 0 saturated heterocycles. The van der Waals surface area contributed by atoms with Crippen LogP contribution in [0.2, 0.25) is 0 Å². The number of carbonyl (C=O) groups excluding carboxylic acids is 1. The van der Waals surface area contributed by atoms with E-state index in [2.05, 4.69) is 31.5 Å². The molecule has 168 valence electrons. The van der Waals surface area contributed by atoms with Gasteiger partial charge in [0.1, 0.15) is 17.0 Å². The molecule has 9 heteroatoms. The highest BCUT2D eigenvalue weighted by Gasteiger charge is 2.15. The van der Waals surface area contributed by atoms with E-state index in [9.17, 15) is 4.79 Å². The van der Waals surface area contributed by atoms with Crippen molar-refractivity contribution in [1.29, 1.82) is 0 Å². The number of ether oxygens (including phenoxy) is 2. The second-order valence-electron chi connectivity index (χ2n) is 6.91. The van der Waals surface area contributed by atoms with Crippen LogP contribution in [0.5, 0.6) is 11.5 Å². The van der Waals surface area contributed by atoms with Gasteiger partial charge in [0, 0.05) is 15.7 Å². The van der Waals surface area contributed by atoms with E-state index < -0.39 is 0 Å². The predicted octanol–water partition coefficient (Wildman–Crippen LogP) is 5.79. The molecule has 0 saturated carbocycles. The van der Waals surface area contributed by atoms with Crippen LogP contribution >= 0.6 is 28.1 Å². The topological polar surface area (TPSA) is 85.6 Å². The van der Waals surface area contributed by atoms with Gasteiger partial charge < -0.3 is 19.2 Å². The molecule has 1 aromatic heterocycles. The molecule has 1 amide bonds. The Morgan fingerprint density at radius 2 is 1.91 bits per heavy atom. The standard InChI is InChI=1S/C24H20BrN3O4S/c1-3-31-17-8-4-14(5-9-17)23-27-19-13-16(7-11-21(19)32-23)26-24(33)28-22(29)18-12-15(25)6-10-20(18)30-2/h4-13H,3H2,1-2H3,(H2,26,28,29,33). The molecule has 33 heavy (non-hydrogen) atoms. The Labute approximate surface area is 204 Å². The number of nitrogens with zero attached hydrogens (tertiary/aromatic N) is 1. The Kier molecular flexibility index (Phi) is 6.90. The number of nitrogens with one attached hydrogen (secondary N) is 2. The first kappa shape index (κ1) is 22.8.